The second-order valence-corrected chi connectivity index (χ2v) is 4.59. The number of aromatic nitrogens is 1. The number of aliphatic hydroxyl groups excluding tert-OH is 1. The molecule has 0 unspecified atom stereocenters. The lowest BCUT2D eigenvalue weighted by Crippen LogP contribution is -1.95. The van der Waals surface area contributed by atoms with Crippen LogP contribution in [0.4, 0.5) is 0 Å². The Labute approximate surface area is 117 Å². The summed E-state index contributed by atoms with van der Waals surface area (Å²) in [6.45, 7) is 0.483. The molecule has 0 bridgehead atoms. The van der Waals surface area contributed by atoms with Gasteiger partial charge < -0.3 is 9.84 Å². The molecule has 20 heavy (non-hydrogen) atoms. The maximum Gasteiger partial charge on any atom is 0.122 e. The number of ether oxygens (including phenoxy) is 1. The van der Waals surface area contributed by atoms with Crippen LogP contribution in [-0.4, -0.2) is 10.1 Å². The highest BCUT2D eigenvalue weighted by Crippen LogP contribution is 2.20. The van der Waals surface area contributed by atoms with Crippen LogP contribution in [0.2, 0.25) is 0 Å². The number of fused-ring (bicyclic) bond motifs is 1. The molecule has 0 aliphatic heterocycles. The molecule has 0 aliphatic carbocycles. The van der Waals surface area contributed by atoms with Crippen LogP contribution in [0.15, 0.2) is 60.7 Å². The molecule has 1 aromatic heterocycles. The highest BCUT2D eigenvalue weighted by atomic mass is 16.5. The summed E-state index contributed by atoms with van der Waals surface area (Å²) < 4.78 is 5.77. The molecule has 0 atom stereocenters. The van der Waals surface area contributed by atoms with E-state index in [4.69, 9.17) is 9.84 Å². The van der Waals surface area contributed by atoms with Gasteiger partial charge in [-0.1, -0.05) is 36.4 Å². The van der Waals surface area contributed by atoms with E-state index in [-0.39, 0.29) is 6.61 Å². The fraction of sp³-hybridized carbons (Fsp3) is 0.118. The number of hydrogen-bond donors (Lipinski definition) is 1. The highest BCUT2D eigenvalue weighted by molar-refractivity contribution is 5.80. The molecule has 0 aliphatic rings. The van der Waals surface area contributed by atoms with Crippen LogP contribution >= 0.6 is 0 Å². The Bertz CT molecular complexity index is 711. The minimum absolute atomic E-state index is 0.0506. The summed E-state index contributed by atoms with van der Waals surface area (Å²) in [5, 5.41) is 10.2. The minimum atomic E-state index is -0.0506. The molecule has 0 radical (unpaired) electrons. The van der Waals surface area contributed by atoms with Crippen molar-refractivity contribution in [1.82, 2.24) is 4.98 Å². The molecule has 0 spiro atoms. The van der Waals surface area contributed by atoms with E-state index < -0.39 is 0 Å². The second kappa shape index (κ2) is 5.72. The summed E-state index contributed by atoms with van der Waals surface area (Å²) in [5.74, 6) is 0.781. The van der Waals surface area contributed by atoms with Gasteiger partial charge in [0.1, 0.15) is 12.4 Å². The maximum absolute atomic E-state index is 9.12. The van der Waals surface area contributed by atoms with Crippen LogP contribution in [0.5, 0.6) is 5.75 Å². The predicted octanol–water partition coefficient (Wildman–Crippen LogP) is 3.31. The van der Waals surface area contributed by atoms with Crippen molar-refractivity contribution < 1.29 is 9.84 Å². The van der Waals surface area contributed by atoms with Gasteiger partial charge in [-0.05, 0) is 23.8 Å². The fourth-order valence-electron chi connectivity index (χ4n) is 2.06. The van der Waals surface area contributed by atoms with Crippen molar-refractivity contribution in [3.63, 3.8) is 0 Å². The normalized spacial score (nSPS) is 10.7. The lowest BCUT2D eigenvalue weighted by Gasteiger charge is -2.07. The number of pyridine rings is 1. The molecule has 3 nitrogen and oxygen atoms in total. The van der Waals surface area contributed by atoms with Crippen LogP contribution in [0.3, 0.4) is 0 Å². The highest BCUT2D eigenvalue weighted by Gasteiger charge is 2.01. The van der Waals surface area contributed by atoms with Crippen molar-refractivity contribution in [2.24, 2.45) is 0 Å². The zero-order valence-corrected chi connectivity index (χ0v) is 11.0. The third-order valence-electron chi connectivity index (χ3n) is 3.13. The molecule has 2 aromatic carbocycles. The van der Waals surface area contributed by atoms with Gasteiger partial charge in [-0.25, -0.2) is 0 Å². The van der Waals surface area contributed by atoms with Gasteiger partial charge in [-0.15, -0.1) is 0 Å². The molecule has 3 rings (SSSR count). The van der Waals surface area contributed by atoms with E-state index in [0.717, 1.165) is 22.2 Å². The first kappa shape index (κ1) is 12.6. The third kappa shape index (κ3) is 2.78. The Balaban J connectivity index is 1.81. The van der Waals surface area contributed by atoms with Crippen molar-refractivity contribution in [1.29, 1.82) is 0 Å². The van der Waals surface area contributed by atoms with E-state index in [2.05, 4.69) is 4.98 Å². The van der Waals surface area contributed by atoms with E-state index >= 15 is 0 Å². The number of benzene rings is 2. The van der Waals surface area contributed by atoms with E-state index in [1.807, 2.05) is 60.7 Å². The van der Waals surface area contributed by atoms with E-state index in [1.165, 1.54) is 0 Å². The Morgan fingerprint density at radius 3 is 2.55 bits per heavy atom. The monoisotopic (exact) mass is 265 g/mol. The van der Waals surface area contributed by atoms with E-state index in [9.17, 15) is 0 Å². The molecule has 3 heteroatoms. The first-order valence-corrected chi connectivity index (χ1v) is 6.52. The Morgan fingerprint density at radius 2 is 1.75 bits per heavy atom. The fourth-order valence-corrected chi connectivity index (χ4v) is 2.06. The molecule has 0 fully saturated rings. The lowest BCUT2D eigenvalue weighted by molar-refractivity contribution is 0.277. The van der Waals surface area contributed by atoms with Crippen LogP contribution in [-0.2, 0) is 13.2 Å². The van der Waals surface area contributed by atoms with Crippen molar-refractivity contribution in [2.45, 2.75) is 13.2 Å². The van der Waals surface area contributed by atoms with Crippen molar-refractivity contribution in [3.05, 3.63) is 71.9 Å². The quantitative estimate of drug-likeness (QED) is 0.787. The van der Waals surface area contributed by atoms with Gasteiger partial charge in [-0.3, -0.25) is 4.98 Å². The average Bonchev–Trinajstić information content (AvgIpc) is 2.53. The number of rotatable bonds is 4. The molecular weight excluding hydrogens is 250 g/mol. The summed E-state index contributed by atoms with van der Waals surface area (Å²) in [5.41, 5.74) is 2.63. The predicted molar refractivity (Wildman–Crippen MR) is 78.4 cm³/mol. The average molecular weight is 265 g/mol. The molecular formula is C17H15NO2. The smallest absolute Gasteiger partial charge is 0.122 e. The van der Waals surface area contributed by atoms with Crippen LogP contribution in [0.25, 0.3) is 10.9 Å². The molecule has 1 heterocycles. The SMILES string of the molecule is OCc1ccc2ccc(OCc3ccccc3)cc2n1. The maximum atomic E-state index is 9.12. The minimum Gasteiger partial charge on any atom is -0.489 e. The van der Waals surface area contributed by atoms with Gasteiger partial charge in [0.2, 0.25) is 0 Å². The van der Waals surface area contributed by atoms with Crippen molar-refractivity contribution in [3.8, 4) is 5.75 Å². The van der Waals surface area contributed by atoms with Crippen LogP contribution in [0, 0.1) is 0 Å². The Kier molecular flexibility index (Phi) is 3.61. The van der Waals surface area contributed by atoms with Gasteiger partial charge in [-0.2, -0.15) is 0 Å². The van der Waals surface area contributed by atoms with Gasteiger partial charge >= 0.3 is 0 Å². The first-order valence-electron chi connectivity index (χ1n) is 6.52. The summed E-state index contributed by atoms with van der Waals surface area (Å²) >= 11 is 0. The van der Waals surface area contributed by atoms with E-state index in [0.29, 0.717) is 12.3 Å². The number of aliphatic hydroxyl groups is 1. The Hall–Kier alpha value is -2.39. The molecule has 100 valence electrons. The van der Waals surface area contributed by atoms with Crippen LogP contribution < -0.4 is 4.74 Å². The topological polar surface area (TPSA) is 42.4 Å². The summed E-state index contributed by atoms with van der Waals surface area (Å²) in [6, 6.07) is 19.6. The van der Waals surface area contributed by atoms with Gasteiger partial charge in [0, 0.05) is 11.5 Å². The lowest BCUT2D eigenvalue weighted by atomic mass is 10.2. The standard InChI is InChI=1S/C17H15NO2/c19-11-15-8-6-14-7-9-16(10-17(14)18-15)20-12-13-4-2-1-3-5-13/h1-10,19H,11-12H2. The largest absolute Gasteiger partial charge is 0.489 e. The van der Waals surface area contributed by atoms with Crippen molar-refractivity contribution >= 4 is 10.9 Å². The molecule has 0 saturated carbocycles. The van der Waals surface area contributed by atoms with Gasteiger partial charge in [0.15, 0.2) is 0 Å². The second-order valence-electron chi connectivity index (χ2n) is 4.59. The van der Waals surface area contributed by atoms with Crippen molar-refractivity contribution in [2.75, 3.05) is 0 Å². The number of hydrogen-bond acceptors (Lipinski definition) is 3. The van der Waals surface area contributed by atoms with Crippen LogP contribution in [0.1, 0.15) is 11.3 Å². The summed E-state index contributed by atoms with van der Waals surface area (Å²) in [4.78, 5) is 4.38. The van der Waals surface area contributed by atoms with Gasteiger partial charge in [0.25, 0.3) is 0 Å². The van der Waals surface area contributed by atoms with Gasteiger partial charge in [0.05, 0.1) is 17.8 Å². The van der Waals surface area contributed by atoms with E-state index in [1.54, 1.807) is 0 Å². The first-order chi connectivity index (χ1) is 9.85. The third-order valence-corrected chi connectivity index (χ3v) is 3.13. The zero-order chi connectivity index (χ0) is 13.8. The molecule has 0 amide bonds. The summed E-state index contributed by atoms with van der Waals surface area (Å²) in [7, 11) is 0. The zero-order valence-electron chi connectivity index (χ0n) is 11.0. The molecule has 0 saturated heterocycles. The number of nitrogens with zero attached hydrogens (tertiary/aromatic N) is 1. The Morgan fingerprint density at radius 1 is 0.950 bits per heavy atom. The molecule has 1 N–H and O–H groups in total. The summed E-state index contributed by atoms with van der Waals surface area (Å²) in [6.07, 6.45) is 0. The molecule has 3 aromatic rings.